The summed E-state index contributed by atoms with van der Waals surface area (Å²) in [5, 5.41) is 0. The highest BCUT2D eigenvalue weighted by molar-refractivity contribution is 5.71. The van der Waals surface area contributed by atoms with Gasteiger partial charge in [-0.15, -0.1) is 0 Å². The molecule has 0 aliphatic carbocycles. The summed E-state index contributed by atoms with van der Waals surface area (Å²) in [7, 11) is 0. The summed E-state index contributed by atoms with van der Waals surface area (Å²) in [6, 6.07) is 12.4. The first kappa shape index (κ1) is 9.09. The summed E-state index contributed by atoms with van der Waals surface area (Å²) in [6.45, 7) is 0.885. The van der Waals surface area contributed by atoms with Crippen LogP contribution in [-0.4, -0.2) is 9.97 Å². The minimum Gasteiger partial charge on any atom is -0.340 e. The van der Waals surface area contributed by atoms with E-state index < -0.39 is 0 Å². The fourth-order valence-electron chi connectivity index (χ4n) is 1.82. The molecule has 3 nitrogen and oxygen atoms in total. The Morgan fingerprint density at radius 3 is 2.88 bits per heavy atom. The number of rotatable bonds is 2. The van der Waals surface area contributed by atoms with Crippen LogP contribution in [0.25, 0.3) is 11.0 Å². The van der Waals surface area contributed by atoms with E-state index in [-0.39, 0.29) is 0 Å². The fraction of sp³-hybridized carbons (Fsp3) is 0.0769. The summed E-state index contributed by atoms with van der Waals surface area (Å²) in [5.74, 6) is 0. The number of nitrogens with zero attached hydrogens (tertiary/aromatic N) is 2. The van der Waals surface area contributed by atoms with Gasteiger partial charge in [0, 0.05) is 11.6 Å². The monoisotopic (exact) mass is 210 g/mol. The lowest BCUT2D eigenvalue weighted by molar-refractivity contribution is -0.687. The van der Waals surface area contributed by atoms with Crippen LogP contribution in [-0.2, 0) is 6.54 Å². The van der Waals surface area contributed by atoms with Gasteiger partial charge in [-0.05, 0) is 0 Å². The van der Waals surface area contributed by atoms with E-state index >= 15 is 0 Å². The number of pyridine rings is 1. The van der Waals surface area contributed by atoms with Gasteiger partial charge in [0.05, 0.1) is 6.33 Å². The molecular formula is C13H12N3+. The molecule has 3 aromatic rings. The predicted molar refractivity (Wildman–Crippen MR) is 61.8 cm³/mol. The minimum absolute atomic E-state index is 0.885. The van der Waals surface area contributed by atoms with E-state index in [0.29, 0.717) is 0 Å². The fourth-order valence-corrected chi connectivity index (χ4v) is 1.82. The van der Waals surface area contributed by atoms with Gasteiger partial charge in [-0.1, -0.05) is 30.3 Å². The van der Waals surface area contributed by atoms with Crippen molar-refractivity contribution in [1.82, 2.24) is 9.97 Å². The molecule has 0 aliphatic rings. The lowest BCUT2D eigenvalue weighted by Gasteiger charge is -1.96. The number of H-pyrrole nitrogens is 1. The van der Waals surface area contributed by atoms with Gasteiger partial charge in [0.1, 0.15) is 11.0 Å². The molecule has 1 aromatic carbocycles. The van der Waals surface area contributed by atoms with Crippen LogP contribution in [0.2, 0.25) is 0 Å². The molecule has 0 saturated carbocycles. The Labute approximate surface area is 93.4 Å². The second-order valence-corrected chi connectivity index (χ2v) is 3.80. The first-order valence-corrected chi connectivity index (χ1v) is 5.28. The number of nitrogens with one attached hydrogen (secondary N) is 1. The van der Waals surface area contributed by atoms with Crippen LogP contribution in [0.4, 0.5) is 0 Å². The topological polar surface area (TPSA) is 32.6 Å². The summed E-state index contributed by atoms with van der Waals surface area (Å²) in [5.41, 5.74) is 3.37. The molecule has 2 aromatic heterocycles. The van der Waals surface area contributed by atoms with E-state index in [1.807, 2.05) is 12.1 Å². The van der Waals surface area contributed by atoms with E-state index in [2.05, 4.69) is 51.2 Å². The molecule has 0 atom stereocenters. The van der Waals surface area contributed by atoms with E-state index in [9.17, 15) is 0 Å². The predicted octanol–water partition coefficient (Wildman–Crippen LogP) is 1.90. The molecule has 1 N–H and O–H groups in total. The van der Waals surface area contributed by atoms with Crippen LogP contribution in [0.1, 0.15) is 5.56 Å². The molecule has 78 valence electrons. The van der Waals surface area contributed by atoms with Crippen LogP contribution in [0.15, 0.2) is 55.1 Å². The number of aromatic nitrogens is 3. The molecule has 3 rings (SSSR count). The van der Waals surface area contributed by atoms with Crippen molar-refractivity contribution in [3.8, 4) is 0 Å². The molecular weight excluding hydrogens is 198 g/mol. The second-order valence-electron chi connectivity index (χ2n) is 3.80. The summed E-state index contributed by atoms with van der Waals surface area (Å²) >= 11 is 0. The standard InChI is InChI=1S/C13H11N3/c1-2-4-11(5-3-1)8-16-7-6-12-13(9-16)15-10-14-12/h1-7,9-10H,8H2/p+1. The van der Waals surface area contributed by atoms with Crippen LogP contribution >= 0.6 is 0 Å². The van der Waals surface area contributed by atoms with E-state index in [4.69, 9.17) is 0 Å². The number of aromatic amines is 1. The smallest absolute Gasteiger partial charge is 0.195 e. The van der Waals surface area contributed by atoms with Crippen molar-refractivity contribution in [1.29, 1.82) is 0 Å². The number of hydrogen-bond acceptors (Lipinski definition) is 1. The highest BCUT2D eigenvalue weighted by Gasteiger charge is 2.05. The average molecular weight is 210 g/mol. The van der Waals surface area contributed by atoms with Crippen molar-refractivity contribution >= 4 is 11.0 Å². The van der Waals surface area contributed by atoms with Gasteiger partial charge in [-0.2, -0.15) is 4.57 Å². The molecule has 0 amide bonds. The zero-order chi connectivity index (χ0) is 10.8. The Kier molecular flexibility index (Phi) is 2.14. The maximum atomic E-state index is 4.20. The van der Waals surface area contributed by atoms with Crippen LogP contribution in [0.3, 0.4) is 0 Å². The molecule has 2 heterocycles. The number of fused-ring (bicyclic) bond motifs is 1. The van der Waals surface area contributed by atoms with E-state index in [1.165, 1.54) is 5.56 Å². The quantitative estimate of drug-likeness (QED) is 0.644. The maximum Gasteiger partial charge on any atom is 0.195 e. The summed E-state index contributed by atoms with van der Waals surface area (Å²) in [6.07, 6.45) is 5.85. The van der Waals surface area contributed by atoms with Crippen molar-refractivity contribution in [2.24, 2.45) is 0 Å². The largest absolute Gasteiger partial charge is 0.340 e. The minimum atomic E-state index is 0.885. The Morgan fingerprint density at radius 1 is 1.12 bits per heavy atom. The van der Waals surface area contributed by atoms with Gasteiger partial charge >= 0.3 is 0 Å². The Balaban J connectivity index is 1.94. The van der Waals surface area contributed by atoms with Crippen LogP contribution in [0, 0.1) is 0 Å². The molecule has 0 bridgehead atoms. The lowest BCUT2D eigenvalue weighted by atomic mass is 10.2. The van der Waals surface area contributed by atoms with Gasteiger partial charge in [0.2, 0.25) is 0 Å². The molecule has 0 saturated heterocycles. The highest BCUT2D eigenvalue weighted by atomic mass is 15.0. The van der Waals surface area contributed by atoms with Gasteiger partial charge < -0.3 is 4.98 Å². The second kappa shape index (κ2) is 3.77. The average Bonchev–Trinajstić information content (AvgIpc) is 2.77. The third kappa shape index (κ3) is 1.67. The van der Waals surface area contributed by atoms with E-state index in [0.717, 1.165) is 17.6 Å². The van der Waals surface area contributed by atoms with Crippen molar-refractivity contribution in [3.05, 3.63) is 60.7 Å². The van der Waals surface area contributed by atoms with Gasteiger partial charge in [0.15, 0.2) is 18.9 Å². The van der Waals surface area contributed by atoms with Crippen LogP contribution < -0.4 is 4.57 Å². The van der Waals surface area contributed by atoms with Gasteiger partial charge in [-0.3, -0.25) is 0 Å². The third-order valence-electron chi connectivity index (χ3n) is 2.63. The summed E-state index contributed by atoms with van der Waals surface area (Å²) < 4.78 is 2.15. The normalized spacial score (nSPS) is 10.8. The molecule has 3 heteroatoms. The molecule has 0 fully saturated rings. The summed E-state index contributed by atoms with van der Waals surface area (Å²) in [4.78, 5) is 7.31. The number of imidazole rings is 1. The molecule has 16 heavy (non-hydrogen) atoms. The van der Waals surface area contributed by atoms with Gasteiger partial charge in [-0.25, -0.2) is 4.98 Å². The van der Waals surface area contributed by atoms with Crippen molar-refractivity contribution < 1.29 is 4.57 Å². The first-order valence-electron chi connectivity index (χ1n) is 5.28. The zero-order valence-corrected chi connectivity index (χ0v) is 8.80. The molecule has 0 radical (unpaired) electrons. The molecule has 0 spiro atoms. The SMILES string of the molecule is c1ccc(C[n+]2ccc3nc[nH]c3c2)cc1. The molecule has 0 aliphatic heterocycles. The van der Waals surface area contributed by atoms with Crippen molar-refractivity contribution in [2.45, 2.75) is 6.54 Å². The Bertz CT molecular complexity index is 599. The first-order chi connectivity index (χ1) is 7.92. The van der Waals surface area contributed by atoms with Gasteiger partial charge in [0.25, 0.3) is 0 Å². The molecule has 0 unspecified atom stereocenters. The highest BCUT2D eigenvalue weighted by Crippen LogP contribution is 2.04. The third-order valence-corrected chi connectivity index (χ3v) is 2.63. The number of hydrogen-bond donors (Lipinski definition) is 1. The number of benzene rings is 1. The lowest BCUT2D eigenvalue weighted by Crippen LogP contribution is -2.33. The van der Waals surface area contributed by atoms with E-state index in [1.54, 1.807) is 6.33 Å². The maximum absolute atomic E-state index is 4.20. The van der Waals surface area contributed by atoms with Crippen molar-refractivity contribution in [3.63, 3.8) is 0 Å². The van der Waals surface area contributed by atoms with Crippen molar-refractivity contribution in [2.75, 3.05) is 0 Å². The van der Waals surface area contributed by atoms with Crippen LogP contribution in [0.5, 0.6) is 0 Å². The Morgan fingerprint density at radius 2 is 2.00 bits per heavy atom. The Hall–Kier alpha value is -2.16. The zero-order valence-electron chi connectivity index (χ0n) is 8.80.